The number of amides is 1. The van der Waals surface area contributed by atoms with Gasteiger partial charge in [-0.25, -0.2) is 0 Å². The number of nitrogens with zero attached hydrogens (tertiary/aromatic N) is 2. The highest BCUT2D eigenvalue weighted by atomic mass is 16.7. The molecule has 1 saturated heterocycles. The quantitative estimate of drug-likeness (QED) is 0.873. The normalized spacial score (nSPS) is 19.0. The molecule has 1 aliphatic heterocycles. The smallest absolute Gasteiger partial charge is 0.298 e. The van der Waals surface area contributed by atoms with Crippen molar-refractivity contribution in [3.05, 3.63) is 66.2 Å². The zero-order chi connectivity index (χ0) is 15.4. The minimum atomic E-state index is -0.477. The summed E-state index contributed by atoms with van der Waals surface area (Å²) >= 11 is 0. The predicted octanol–water partition coefficient (Wildman–Crippen LogP) is 2.55. The molecule has 1 unspecified atom stereocenters. The summed E-state index contributed by atoms with van der Waals surface area (Å²) in [5.74, 6) is 0.388. The summed E-state index contributed by atoms with van der Waals surface area (Å²) in [4.78, 5) is 17.9. The van der Waals surface area contributed by atoms with Gasteiger partial charge in [0.15, 0.2) is 0 Å². The van der Waals surface area contributed by atoms with E-state index in [2.05, 4.69) is 4.99 Å². The average molecular weight is 296 g/mol. The van der Waals surface area contributed by atoms with E-state index in [9.17, 15) is 4.79 Å². The van der Waals surface area contributed by atoms with Crippen LogP contribution >= 0.6 is 0 Å². The largest absolute Gasteiger partial charge is 0.453 e. The Bertz CT molecular complexity index is 671. The highest BCUT2D eigenvalue weighted by molar-refractivity contribution is 6.01. The van der Waals surface area contributed by atoms with Crippen LogP contribution in [-0.4, -0.2) is 36.7 Å². The van der Waals surface area contributed by atoms with E-state index in [1.54, 1.807) is 29.2 Å². The van der Waals surface area contributed by atoms with Gasteiger partial charge >= 0.3 is 0 Å². The van der Waals surface area contributed by atoms with Crippen LogP contribution in [0.4, 0.5) is 0 Å². The third-order valence-electron chi connectivity index (χ3n) is 3.21. The second-order valence-electron chi connectivity index (χ2n) is 4.92. The minimum absolute atomic E-state index is 0.273. The zero-order valence-electron chi connectivity index (χ0n) is 12.2. The standard InChI is InChI=1S/C17H16N2O3/c1-19-12-15(21-14-10-6-3-7-11-14)22-17(19)18-16(20)13-8-4-2-5-9-13/h2-11,15H,12H2,1H3. The van der Waals surface area contributed by atoms with Crippen LogP contribution in [0.3, 0.4) is 0 Å². The van der Waals surface area contributed by atoms with Gasteiger partial charge in [0, 0.05) is 12.6 Å². The van der Waals surface area contributed by atoms with E-state index in [-0.39, 0.29) is 11.9 Å². The highest BCUT2D eigenvalue weighted by Crippen LogP contribution is 2.17. The molecule has 112 valence electrons. The Labute approximate surface area is 128 Å². The van der Waals surface area contributed by atoms with Gasteiger partial charge in [0.2, 0.25) is 0 Å². The molecule has 2 aromatic rings. The van der Waals surface area contributed by atoms with Crippen molar-refractivity contribution in [2.24, 2.45) is 4.99 Å². The zero-order valence-corrected chi connectivity index (χ0v) is 12.2. The van der Waals surface area contributed by atoms with Crippen molar-refractivity contribution in [1.82, 2.24) is 4.90 Å². The second kappa shape index (κ2) is 6.30. The maximum absolute atomic E-state index is 12.1. The number of para-hydroxylation sites is 1. The lowest BCUT2D eigenvalue weighted by atomic mass is 10.2. The fourth-order valence-electron chi connectivity index (χ4n) is 2.10. The van der Waals surface area contributed by atoms with Crippen LogP contribution < -0.4 is 4.74 Å². The molecular weight excluding hydrogens is 280 g/mol. The summed E-state index contributed by atoms with van der Waals surface area (Å²) in [7, 11) is 1.81. The molecule has 5 nitrogen and oxygen atoms in total. The van der Waals surface area contributed by atoms with E-state index in [1.807, 2.05) is 43.4 Å². The summed E-state index contributed by atoms with van der Waals surface area (Å²) in [5.41, 5.74) is 0.527. The number of ether oxygens (including phenoxy) is 2. The van der Waals surface area contributed by atoms with Gasteiger partial charge < -0.3 is 14.4 Å². The Balaban J connectivity index is 1.68. The molecule has 1 aliphatic rings. The van der Waals surface area contributed by atoms with Crippen molar-refractivity contribution in [1.29, 1.82) is 0 Å². The fraction of sp³-hybridized carbons (Fsp3) is 0.176. The number of carbonyl (C=O) groups is 1. The van der Waals surface area contributed by atoms with Gasteiger partial charge in [-0.2, -0.15) is 4.99 Å². The monoisotopic (exact) mass is 296 g/mol. The van der Waals surface area contributed by atoms with Gasteiger partial charge in [0.05, 0.1) is 6.54 Å². The predicted molar refractivity (Wildman–Crippen MR) is 82.8 cm³/mol. The third kappa shape index (κ3) is 3.25. The van der Waals surface area contributed by atoms with Crippen LogP contribution in [0, 0.1) is 0 Å². The van der Waals surface area contributed by atoms with Crippen molar-refractivity contribution >= 4 is 11.9 Å². The van der Waals surface area contributed by atoms with Gasteiger partial charge in [0.25, 0.3) is 18.2 Å². The maximum Gasteiger partial charge on any atom is 0.298 e. The van der Waals surface area contributed by atoms with Crippen molar-refractivity contribution < 1.29 is 14.3 Å². The molecule has 1 amide bonds. The van der Waals surface area contributed by atoms with E-state index in [4.69, 9.17) is 9.47 Å². The van der Waals surface area contributed by atoms with Crippen LogP contribution in [0.1, 0.15) is 10.4 Å². The Hall–Kier alpha value is -2.82. The average Bonchev–Trinajstić information content (AvgIpc) is 2.88. The number of likely N-dealkylation sites (N-methyl/N-ethyl adjacent to an activating group) is 1. The van der Waals surface area contributed by atoms with Crippen LogP contribution in [0.5, 0.6) is 5.75 Å². The Morgan fingerprint density at radius 3 is 2.45 bits per heavy atom. The molecule has 1 fully saturated rings. The number of hydrogen-bond acceptors (Lipinski definition) is 3. The first-order valence-corrected chi connectivity index (χ1v) is 7.00. The molecule has 2 aromatic carbocycles. The Morgan fingerprint density at radius 1 is 1.14 bits per heavy atom. The van der Waals surface area contributed by atoms with Gasteiger partial charge in [-0.3, -0.25) is 4.79 Å². The molecule has 3 rings (SSSR count). The molecule has 22 heavy (non-hydrogen) atoms. The molecule has 0 aromatic heterocycles. The van der Waals surface area contributed by atoms with E-state index in [0.717, 1.165) is 5.75 Å². The molecule has 0 radical (unpaired) electrons. The second-order valence-corrected chi connectivity index (χ2v) is 4.92. The lowest BCUT2D eigenvalue weighted by Crippen LogP contribution is -2.23. The van der Waals surface area contributed by atoms with Crippen LogP contribution in [-0.2, 0) is 4.74 Å². The Kier molecular flexibility index (Phi) is 4.05. The van der Waals surface area contributed by atoms with Gasteiger partial charge in [-0.15, -0.1) is 0 Å². The topological polar surface area (TPSA) is 51.1 Å². The molecule has 0 aliphatic carbocycles. The summed E-state index contributed by atoms with van der Waals surface area (Å²) < 4.78 is 11.3. The SMILES string of the molecule is CN1CC(Oc2ccccc2)OC1=NC(=O)c1ccccc1. The molecule has 5 heteroatoms. The number of benzene rings is 2. The number of aliphatic imine (C=N–C) groups is 1. The van der Waals surface area contributed by atoms with Crippen molar-refractivity contribution in [2.75, 3.05) is 13.6 Å². The van der Waals surface area contributed by atoms with Crippen LogP contribution in [0.2, 0.25) is 0 Å². The maximum atomic E-state index is 12.1. The Morgan fingerprint density at radius 2 is 1.77 bits per heavy atom. The van der Waals surface area contributed by atoms with E-state index in [1.165, 1.54) is 0 Å². The number of carbonyl (C=O) groups excluding carboxylic acids is 1. The number of hydrogen-bond donors (Lipinski definition) is 0. The van der Waals surface area contributed by atoms with E-state index < -0.39 is 6.29 Å². The van der Waals surface area contributed by atoms with Crippen LogP contribution in [0.15, 0.2) is 65.7 Å². The first kappa shape index (κ1) is 14.1. The van der Waals surface area contributed by atoms with E-state index >= 15 is 0 Å². The summed E-state index contributed by atoms with van der Waals surface area (Å²) in [5, 5.41) is 0. The molecular formula is C17H16N2O3. The summed E-state index contributed by atoms with van der Waals surface area (Å²) in [6.45, 7) is 0.510. The molecule has 0 bridgehead atoms. The van der Waals surface area contributed by atoms with Gasteiger partial charge in [-0.05, 0) is 24.3 Å². The lowest BCUT2D eigenvalue weighted by molar-refractivity contribution is 0.0224. The summed E-state index contributed by atoms with van der Waals surface area (Å²) in [6, 6.07) is 18.6. The number of amidine groups is 1. The molecule has 1 heterocycles. The summed E-state index contributed by atoms with van der Waals surface area (Å²) in [6.07, 6.45) is -0.477. The first-order chi connectivity index (χ1) is 10.7. The van der Waals surface area contributed by atoms with Crippen molar-refractivity contribution in [3.63, 3.8) is 0 Å². The molecule has 0 N–H and O–H groups in total. The number of rotatable bonds is 3. The fourth-order valence-corrected chi connectivity index (χ4v) is 2.10. The molecule has 1 atom stereocenters. The van der Waals surface area contributed by atoms with Gasteiger partial charge in [-0.1, -0.05) is 36.4 Å². The third-order valence-corrected chi connectivity index (χ3v) is 3.21. The first-order valence-electron chi connectivity index (χ1n) is 7.00. The molecule has 0 saturated carbocycles. The van der Waals surface area contributed by atoms with Crippen LogP contribution in [0.25, 0.3) is 0 Å². The van der Waals surface area contributed by atoms with Gasteiger partial charge in [0.1, 0.15) is 5.75 Å². The highest BCUT2D eigenvalue weighted by Gasteiger charge is 2.29. The van der Waals surface area contributed by atoms with Crippen molar-refractivity contribution in [2.45, 2.75) is 6.29 Å². The minimum Gasteiger partial charge on any atom is -0.453 e. The van der Waals surface area contributed by atoms with E-state index in [0.29, 0.717) is 12.1 Å². The molecule has 0 spiro atoms. The lowest BCUT2D eigenvalue weighted by Gasteiger charge is -2.11. The van der Waals surface area contributed by atoms with Crippen molar-refractivity contribution in [3.8, 4) is 5.75 Å².